The zero-order chi connectivity index (χ0) is 22.2. The second-order valence-electron chi connectivity index (χ2n) is 5.87. The standard InChI is InChI=1S/C10H18N3O13P3/c11-6-1-2-13(10(16)12-6)9-8(15)7(14)5(25-9)3-24-27(17,18)4-28(19,20)26-29(21,22)23/h1-2,5,7-9,14-15H,3-4H2,(H,17,18)(H,19,20)(H2,11,12,16)(H2,21,22,23)/t5-,7?,8?,9-/m1/s1. The molecule has 1 aliphatic rings. The van der Waals surface area contributed by atoms with Crippen molar-refractivity contribution in [2.24, 2.45) is 0 Å². The molecule has 29 heavy (non-hydrogen) atoms. The van der Waals surface area contributed by atoms with Crippen LogP contribution < -0.4 is 11.4 Å². The van der Waals surface area contributed by atoms with E-state index in [9.17, 15) is 38.5 Å². The molecule has 0 spiro atoms. The van der Waals surface area contributed by atoms with E-state index < -0.39 is 65.8 Å². The molecule has 0 radical (unpaired) electrons. The fourth-order valence-electron chi connectivity index (χ4n) is 2.36. The molecule has 1 saturated heterocycles. The van der Waals surface area contributed by atoms with Gasteiger partial charge in [0.25, 0.3) is 0 Å². The molecule has 2 heterocycles. The number of nitrogens with zero attached hydrogens (tertiary/aromatic N) is 2. The van der Waals surface area contributed by atoms with Crippen LogP contribution >= 0.6 is 23.0 Å². The van der Waals surface area contributed by atoms with Crippen molar-refractivity contribution in [3.63, 3.8) is 0 Å². The van der Waals surface area contributed by atoms with Gasteiger partial charge in [-0.3, -0.25) is 13.7 Å². The highest BCUT2D eigenvalue weighted by molar-refractivity contribution is 7.74. The van der Waals surface area contributed by atoms with E-state index in [1.807, 2.05) is 0 Å². The van der Waals surface area contributed by atoms with Crippen molar-refractivity contribution in [3.05, 3.63) is 22.7 Å². The molecule has 6 atom stereocenters. The maximum atomic E-state index is 11.9. The molecule has 2 rings (SSSR count). The molecule has 19 heteroatoms. The Balaban J connectivity index is 2.05. The van der Waals surface area contributed by atoms with Crippen LogP contribution in [0.2, 0.25) is 0 Å². The molecule has 8 N–H and O–H groups in total. The maximum absolute atomic E-state index is 11.9. The first-order chi connectivity index (χ1) is 13.1. The molecule has 0 aromatic carbocycles. The molecule has 166 valence electrons. The van der Waals surface area contributed by atoms with E-state index >= 15 is 0 Å². The summed E-state index contributed by atoms with van der Waals surface area (Å²) in [4.78, 5) is 51.1. The second-order valence-corrected chi connectivity index (χ2v) is 11.4. The van der Waals surface area contributed by atoms with Crippen LogP contribution in [-0.2, 0) is 27.3 Å². The molecule has 0 amide bonds. The molecule has 1 aromatic heterocycles. The lowest BCUT2D eigenvalue weighted by atomic mass is 10.1. The summed E-state index contributed by atoms with van der Waals surface area (Å²) >= 11 is 0. The summed E-state index contributed by atoms with van der Waals surface area (Å²) in [6, 6.07) is 1.22. The van der Waals surface area contributed by atoms with Gasteiger partial charge in [0, 0.05) is 6.20 Å². The van der Waals surface area contributed by atoms with Gasteiger partial charge in [0.15, 0.2) is 12.1 Å². The van der Waals surface area contributed by atoms with Crippen molar-refractivity contribution >= 4 is 28.8 Å². The fourth-order valence-corrected chi connectivity index (χ4v) is 6.88. The lowest BCUT2D eigenvalue weighted by Crippen LogP contribution is -2.36. The van der Waals surface area contributed by atoms with E-state index in [1.165, 1.54) is 6.07 Å². The number of phosphoric acid groups is 1. The average Bonchev–Trinajstić information content (AvgIpc) is 2.78. The number of anilines is 1. The van der Waals surface area contributed by atoms with Crippen LogP contribution in [0.1, 0.15) is 6.23 Å². The van der Waals surface area contributed by atoms with Gasteiger partial charge >= 0.3 is 28.7 Å². The van der Waals surface area contributed by atoms with Crippen molar-refractivity contribution in [1.82, 2.24) is 9.55 Å². The molecule has 4 unspecified atom stereocenters. The van der Waals surface area contributed by atoms with Crippen molar-refractivity contribution in [2.75, 3.05) is 18.2 Å². The van der Waals surface area contributed by atoms with Gasteiger partial charge < -0.3 is 44.8 Å². The number of nitrogen functional groups attached to an aromatic ring is 1. The zero-order valence-corrected chi connectivity index (χ0v) is 16.9. The maximum Gasteiger partial charge on any atom is 0.476 e. The Morgan fingerprint density at radius 3 is 2.31 bits per heavy atom. The molecule has 1 fully saturated rings. The summed E-state index contributed by atoms with van der Waals surface area (Å²) < 4.78 is 48.2. The van der Waals surface area contributed by atoms with Crippen LogP contribution in [0.25, 0.3) is 0 Å². The normalized spacial score (nSPS) is 29.3. The average molecular weight is 481 g/mol. The van der Waals surface area contributed by atoms with Crippen LogP contribution in [0.3, 0.4) is 0 Å². The number of hydrogen-bond acceptors (Lipinski definition) is 11. The summed E-state index contributed by atoms with van der Waals surface area (Å²) in [5.41, 5.74) is 4.43. The molecule has 1 aromatic rings. The smallest absolute Gasteiger partial charge is 0.387 e. The Hall–Kier alpha value is -0.990. The summed E-state index contributed by atoms with van der Waals surface area (Å²) in [6.07, 6.45) is -5.14. The lowest BCUT2D eigenvalue weighted by molar-refractivity contribution is -0.0523. The lowest BCUT2D eigenvalue weighted by Gasteiger charge is -2.19. The van der Waals surface area contributed by atoms with Gasteiger partial charge in [0.05, 0.1) is 6.61 Å². The summed E-state index contributed by atoms with van der Waals surface area (Å²) in [5.74, 6) is -1.77. The highest BCUT2D eigenvalue weighted by Gasteiger charge is 2.46. The topological polar surface area (TPSA) is 261 Å². The van der Waals surface area contributed by atoms with Crippen molar-refractivity contribution < 1.29 is 57.1 Å². The Kier molecular flexibility index (Phi) is 7.23. The Morgan fingerprint density at radius 1 is 1.14 bits per heavy atom. The first-order valence-corrected chi connectivity index (χ1v) is 12.6. The molecule has 0 aliphatic carbocycles. The first kappa shape index (κ1) is 24.3. The molecule has 0 bridgehead atoms. The fraction of sp³-hybridized carbons (Fsp3) is 0.600. The predicted octanol–water partition coefficient (Wildman–Crippen LogP) is -2.10. The second kappa shape index (κ2) is 8.63. The van der Waals surface area contributed by atoms with Gasteiger partial charge in [-0.1, -0.05) is 0 Å². The zero-order valence-electron chi connectivity index (χ0n) is 14.2. The highest BCUT2D eigenvalue weighted by Crippen LogP contribution is 2.64. The first-order valence-electron chi connectivity index (χ1n) is 7.51. The van der Waals surface area contributed by atoms with Gasteiger partial charge in [-0.15, -0.1) is 0 Å². The number of nitrogens with two attached hydrogens (primary N) is 1. The van der Waals surface area contributed by atoms with Gasteiger partial charge in [-0.05, 0) is 6.07 Å². The van der Waals surface area contributed by atoms with Crippen LogP contribution in [-0.4, -0.2) is 70.2 Å². The van der Waals surface area contributed by atoms with E-state index in [-0.39, 0.29) is 5.82 Å². The third-order valence-corrected chi connectivity index (χ3v) is 8.78. The summed E-state index contributed by atoms with van der Waals surface area (Å²) in [7, 11) is -15.6. The van der Waals surface area contributed by atoms with Crippen LogP contribution in [0.4, 0.5) is 5.82 Å². The van der Waals surface area contributed by atoms with Gasteiger partial charge in [-0.25, -0.2) is 13.7 Å². The third-order valence-electron chi connectivity index (χ3n) is 3.49. The van der Waals surface area contributed by atoms with Crippen LogP contribution in [0.5, 0.6) is 0 Å². The monoisotopic (exact) mass is 481 g/mol. The molecule has 0 saturated carbocycles. The number of aromatic nitrogens is 2. The minimum absolute atomic E-state index is 0.105. The van der Waals surface area contributed by atoms with Crippen molar-refractivity contribution in [3.8, 4) is 0 Å². The van der Waals surface area contributed by atoms with E-state index in [1.54, 1.807) is 0 Å². The van der Waals surface area contributed by atoms with Crippen LogP contribution in [0, 0.1) is 0 Å². The largest absolute Gasteiger partial charge is 0.476 e. The minimum Gasteiger partial charge on any atom is -0.387 e. The van der Waals surface area contributed by atoms with E-state index in [4.69, 9.17) is 20.3 Å². The Labute approximate surface area is 161 Å². The molecule has 1 aliphatic heterocycles. The predicted molar refractivity (Wildman–Crippen MR) is 92.4 cm³/mol. The Bertz CT molecular complexity index is 946. The molecular formula is C10H18N3O13P3. The van der Waals surface area contributed by atoms with Gasteiger partial charge in [-0.2, -0.15) is 4.98 Å². The SMILES string of the molecule is Nc1ccn([C@@H]2O[C@H](COP(=O)(O)CP(=O)(O)OP(=O)(O)O)C(O)C2O)c(=O)n1. The summed E-state index contributed by atoms with van der Waals surface area (Å²) in [5, 5.41) is 20.0. The molecule has 16 nitrogen and oxygen atoms in total. The van der Waals surface area contributed by atoms with E-state index in [0.29, 0.717) is 0 Å². The highest BCUT2D eigenvalue weighted by atomic mass is 31.3. The number of rotatable bonds is 8. The van der Waals surface area contributed by atoms with Gasteiger partial charge in [0.2, 0.25) is 0 Å². The van der Waals surface area contributed by atoms with Crippen molar-refractivity contribution in [2.45, 2.75) is 24.5 Å². The number of hydrogen-bond donors (Lipinski definition) is 7. The quantitative estimate of drug-likeness (QED) is 0.196. The number of aliphatic hydroxyl groups is 2. The van der Waals surface area contributed by atoms with E-state index in [2.05, 4.69) is 13.8 Å². The number of aliphatic hydroxyl groups excluding tert-OH is 2. The molecular weight excluding hydrogens is 463 g/mol. The minimum atomic E-state index is -5.43. The third kappa shape index (κ3) is 6.76. The Morgan fingerprint density at radius 2 is 1.76 bits per heavy atom. The van der Waals surface area contributed by atoms with Crippen LogP contribution in [0.15, 0.2) is 17.1 Å². The summed E-state index contributed by atoms with van der Waals surface area (Å²) in [6.45, 7) is -0.893. The van der Waals surface area contributed by atoms with E-state index in [0.717, 1.165) is 10.8 Å². The van der Waals surface area contributed by atoms with Gasteiger partial charge in [0.1, 0.15) is 24.1 Å². The van der Waals surface area contributed by atoms with Crippen molar-refractivity contribution in [1.29, 1.82) is 0 Å². The number of ether oxygens (including phenoxy) is 1.